The van der Waals surface area contributed by atoms with Crippen LogP contribution in [0.2, 0.25) is 0 Å². The minimum Gasteiger partial charge on any atom is -0.435 e. The second-order valence-corrected chi connectivity index (χ2v) is 7.67. The van der Waals surface area contributed by atoms with E-state index in [1.54, 1.807) is 6.20 Å². The topological polar surface area (TPSA) is 91.5 Å². The molecule has 1 aliphatic heterocycles. The van der Waals surface area contributed by atoms with Gasteiger partial charge in [-0.3, -0.25) is 14.5 Å². The number of aryl methyl sites for hydroxylation is 1. The number of hydrogen-bond acceptors (Lipinski definition) is 4. The van der Waals surface area contributed by atoms with E-state index in [0.717, 1.165) is 27.8 Å². The van der Waals surface area contributed by atoms with Gasteiger partial charge in [-0.2, -0.15) is 8.78 Å². The Labute approximate surface area is 182 Å². The van der Waals surface area contributed by atoms with Gasteiger partial charge in [-0.15, -0.1) is 0 Å². The minimum absolute atomic E-state index is 0.0676. The van der Waals surface area contributed by atoms with Crippen molar-refractivity contribution in [2.75, 3.05) is 6.54 Å². The summed E-state index contributed by atoms with van der Waals surface area (Å²) in [7, 11) is 0. The smallest absolute Gasteiger partial charge is 0.387 e. The predicted octanol–water partition coefficient (Wildman–Crippen LogP) is 3.98. The third-order valence-electron chi connectivity index (χ3n) is 5.72. The van der Waals surface area contributed by atoms with Gasteiger partial charge in [0.2, 0.25) is 0 Å². The number of nitrogens with zero attached hydrogens (tertiary/aromatic N) is 1. The predicted molar refractivity (Wildman–Crippen MR) is 113 cm³/mol. The first-order valence-electron chi connectivity index (χ1n) is 10.1. The van der Waals surface area contributed by atoms with Crippen molar-refractivity contribution in [2.24, 2.45) is 0 Å². The molecule has 3 amide bonds. The van der Waals surface area contributed by atoms with Gasteiger partial charge in [0.1, 0.15) is 11.3 Å². The lowest BCUT2D eigenvalue weighted by atomic mass is 9.92. The number of benzene rings is 2. The molecule has 2 aromatic carbocycles. The molecule has 2 N–H and O–H groups in total. The molecule has 9 heteroatoms. The molecule has 3 aromatic rings. The third kappa shape index (κ3) is 3.59. The number of rotatable bonds is 7. The van der Waals surface area contributed by atoms with Gasteiger partial charge in [0.05, 0.1) is 6.54 Å². The Kier molecular flexibility index (Phi) is 5.41. The van der Waals surface area contributed by atoms with E-state index in [2.05, 4.69) is 15.0 Å². The number of alkyl halides is 2. The molecule has 1 saturated heterocycles. The highest BCUT2D eigenvalue weighted by atomic mass is 19.3. The van der Waals surface area contributed by atoms with Crippen LogP contribution >= 0.6 is 0 Å². The number of amides is 3. The summed E-state index contributed by atoms with van der Waals surface area (Å²) in [6.45, 7) is 0.122. The SMILES string of the molecule is CCc1cccc2c(C(=O)CN3C(=O)NC(C)(c4ccc(OC(F)F)cc4)C3=O)c[nH]c12. The Bertz CT molecular complexity index is 1210. The zero-order valence-electron chi connectivity index (χ0n) is 17.4. The van der Waals surface area contributed by atoms with Crippen LogP contribution in [0.4, 0.5) is 13.6 Å². The summed E-state index contributed by atoms with van der Waals surface area (Å²) in [6, 6.07) is 10.4. The molecule has 1 unspecified atom stereocenters. The van der Waals surface area contributed by atoms with E-state index in [9.17, 15) is 23.2 Å². The number of ether oxygens (including phenoxy) is 1. The first-order chi connectivity index (χ1) is 15.2. The van der Waals surface area contributed by atoms with E-state index < -0.39 is 30.6 Å². The van der Waals surface area contributed by atoms with Gasteiger partial charge in [0, 0.05) is 22.7 Å². The Morgan fingerprint density at radius 3 is 2.53 bits per heavy atom. The van der Waals surface area contributed by atoms with E-state index in [4.69, 9.17) is 0 Å². The number of nitrogens with one attached hydrogen (secondary N) is 2. The number of para-hydroxylation sites is 1. The number of ketones is 1. The zero-order chi connectivity index (χ0) is 23.0. The van der Waals surface area contributed by atoms with Gasteiger partial charge in [-0.05, 0) is 36.6 Å². The summed E-state index contributed by atoms with van der Waals surface area (Å²) >= 11 is 0. The number of aromatic amines is 1. The second kappa shape index (κ2) is 8.07. The number of H-pyrrole nitrogens is 1. The van der Waals surface area contributed by atoms with Crippen LogP contribution < -0.4 is 10.1 Å². The first kappa shape index (κ1) is 21.5. The van der Waals surface area contributed by atoms with Crippen LogP contribution in [0.5, 0.6) is 5.75 Å². The van der Waals surface area contributed by atoms with Crippen molar-refractivity contribution in [3.63, 3.8) is 0 Å². The summed E-state index contributed by atoms with van der Waals surface area (Å²) in [5.74, 6) is -1.05. The Hall–Kier alpha value is -3.75. The largest absolute Gasteiger partial charge is 0.435 e. The summed E-state index contributed by atoms with van der Waals surface area (Å²) < 4.78 is 29.0. The fraction of sp³-hybridized carbons (Fsp3) is 0.261. The molecule has 1 atom stereocenters. The summed E-state index contributed by atoms with van der Waals surface area (Å²) in [4.78, 5) is 42.6. The number of hydrogen-bond donors (Lipinski definition) is 2. The number of carbonyl (C=O) groups is 3. The van der Waals surface area contributed by atoms with Crippen LogP contribution in [-0.4, -0.2) is 40.8 Å². The molecule has 2 heterocycles. The van der Waals surface area contributed by atoms with Crippen LogP contribution in [0.3, 0.4) is 0 Å². The molecule has 1 aliphatic rings. The number of urea groups is 1. The zero-order valence-corrected chi connectivity index (χ0v) is 17.4. The van der Waals surface area contributed by atoms with Gasteiger partial charge in [0.25, 0.3) is 5.91 Å². The van der Waals surface area contributed by atoms with Crippen molar-refractivity contribution in [2.45, 2.75) is 32.4 Å². The fourth-order valence-corrected chi connectivity index (χ4v) is 3.98. The van der Waals surface area contributed by atoms with Crippen molar-refractivity contribution >= 4 is 28.6 Å². The number of fused-ring (bicyclic) bond motifs is 1. The van der Waals surface area contributed by atoms with Crippen molar-refractivity contribution in [1.82, 2.24) is 15.2 Å². The molecular formula is C23H21F2N3O4. The van der Waals surface area contributed by atoms with Crippen LogP contribution in [0, 0.1) is 0 Å². The molecule has 0 aliphatic carbocycles. The van der Waals surface area contributed by atoms with Crippen molar-refractivity contribution in [1.29, 1.82) is 0 Å². The Morgan fingerprint density at radius 2 is 1.88 bits per heavy atom. The lowest BCUT2D eigenvalue weighted by molar-refractivity contribution is -0.130. The molecule has 0 saturated carbocycles. The molecule has 166 valence electrons. The first-order valence-corrected chi connectivity index (χ1v) is 10.1. The van der Waals surface area contributed by atoms with Crippen LogP contribution in [0.1, 0.15) is 35.3 Å². The normalized spacial score (nSPS) is 18.5. The van der Waals surface area contributed by atoms with E-state index >= 15 is 0 Å². The lowest BCUT2D eigenvalue weighted by Crippen LogP contribution is -2.41. The van der Waals surface area contributed by atoms with Gasteiger partial charge >= 0.3 is 12.6 Å². The van der Waals surface area contributed by atoms with Crippen LogP contribution in [0.25, 0.3) is 10.9 Å². The average molecular weight is 441 g/mol. The number of aromatic nitrogens is 1. The van der Waals surface area contributed by atoms with Gasteiger partial charge in [-0.25, -0.2) is 4.79 Å². The van der Waals surface area contributed by atoms with Gasteiger partial charge in [0.15, 0.2) is 5.78 Å². The van der Waals surface area contributed by atoms with Gasteiger partial charge < -0.3 is 15.0 Å². The Morgan fingerprint density at radius 1 is 1.16 bits per heavy atom. The third-order valence-corrected chi connectivity index (χ3v) is 5.72. The van der Waals surface area contributed by atoms with Crippen LogP contribution in [0.15, 0.2) is 48.7 Å². The molecule has 1 fully saturated rings. The second-order valence-electron chi connectivity index (χ2n) is 7.67. The standard InChI is InChI=1S/C23H21F2N3O4/c1-3-13-5-4-6-16-17(11-26-19(13)16)18(29)12-28-20(30)23(2,27-22(28)31)14-7-9-15(10-8-14)32-21(24)25/h4-11,21,26H,3,12H2,1-2H3,(H,27,31). The average Bonchev–Trinajstić information content (AvgIpc) is 3.29. The molecule has 0 spiro atoms. The van der Waals surface area contributed by atoms with E-state index in [1.807, 2.05) is 25.1 Å². The fourth-order valence-electron chi connectivity index (χ4n) is 3.98. The number of carbonyl (C=O) groups excluding carboxylic acids is 3. The van der Waals surface area contributed by atoms with Crippen molar-refractivity contribution < 1.29 is 27.9 Å². The van der Waals surface area contributed by atoms with E-state index in [-0.39, 0.29) is 11.5 Å². The minimum atomic E-state index is -2.97. The van der Waals surface area contributed by atoms with Crippen molar-refractivity contribution in [3.05, 3.63) is 65.4 Å². The highest BCUT2D eigenvalue weighted by molar-refractivity contribution is 6.14. The number of halogens is 2. The monoisotopic (exact) mass is 441 g/mol. The molecule has 1 aromatic heterocycles. The molecule has 0 bridgehead atoms. The number of imide groups is 1. The molecule has 0 radical (unpaired) electrons. The maximum absolute atomic E-state index is 13.1. The maximum Gasteiger partial charge on any atom is 0.387 e. The van der Waals surface area contributed by atoms with Crippen LogP contribution in [-0.2, 0) is 16.8 Å². The molecule has 7 nitrogen and oxygen atoms in total. The quantitative estimate of drug-likeness (QED) is 0.429. The Balaban J connectivity index is 1.56. The van der Waals surface area contributed by atoms with Gasteiger partial charge in [-0.1, -0.05) is 37.3 Å². The molecular weight excluding hydrogens is 420 g/mol. The highest BCUT2D eigenvalue weighted by Crippen LogP contribution is 2.31. The maximum atomic E-state index is 13.1. The van der Waals surface area contributed by atoms with E-state index in [1.165, 1.54) is 31.2 Å². The summed E-state index contributed by atoms with van der Waals surface area (Å²) in [5, 5.41) is 3.34. The lowest BCUT2D eigenvalue weighted by Gasteiger charge is -2.22. The summed E-state index contributed by atoms with van der Waals surface area (Å²) in [5.41, 5.74) is 1.26. The highest BCUT2D eigenvalue weighted by Gasteiger charge is 2.49. The number of Topliss-reactive ketones (excluding diaryl/α,β-unsaturated/α-hetero) is 1. The molecule has 32 heavy (non-hydrogen) atoms. The van der Waals surface area contributed by atoms with Crippen molar-refractivity contribution in [3.8, 4) is 5.75 Å². The summed E-state index contributed by atoms with van der Waals surface area (Å²) in [6.07, 6.45) is 2.38. The molecule has 4 rings (SSSR count). The van der Waals surface area contributed by atoms with E-state index in [0.29, 0.717) is 11.1 Å².